The second-order valence-corrected chi connectivity index (χ2v) is 7.14. The van der Waals surface area contributed by atoms with E-state index in [-0.39, 0.29) is 18.8 Å². The van der Waals surface area contributed by atoms with Gasteiger partial charge in [-0.2, -0.15) is 0 Å². The third-order valence-corrected chi connectivity index (χ3v) is 4.89. The van der Waals surface area contributed by atoms with Crippen LogP contribution in [0.1, 0.15) is 42.1 Å². The van der Waals surface area contributed by atoms with Gasteiger partial charge in [0.05, 0.1) is 6.10 Å². The van der Waals surface area contributed by atoms with E-state index in [4.69, 9.17) is 9.47 Å². The van der Waals surface area contributed by atoms with Gasteiger partial charge in [-0.3, -0.25) is 0 Å². The average molecular weight is 389 g/mol. The highest BCUT2D eigenvalue weighted by atomic mass is 19.3. The number of aryl methyl sites for hydroxylation is 1. The standard InChI is InChI=1S/C22H25F2NO3/c1-15-7-9-17(10-8-15)20(21(23)24)28-19-12-11-18(13-19)25-22(26)27-14-16-5-3-2-4-6-16/h2-10,18-21H,11-14H2,1H3,(H,25,26). The van der Waals surface area contributed by atoms with Crippen LogP contribution in [0.15, 0.2) is 54.6 Å². The Morgan fingerprint density at radius 2 is 1.82 bits per heavy atom. The first-order valence-corrected chi connectivity index (χ1v) is 9.48. The second kappa shape index (κ2) is 9.64. The molecule has 2 aromatic carbocycles. The van der Waals surface area contributed by atoms with Gasteiger partial charge in [-0.15, -0.1) is 0 Å². The van der Waals surface area contributed by atoms with Gasteiger partial charge < -0.3 is 14.8 Å². The molecular formula is C22H25F2NO3. The van der Waals surface area contributed by atoms with E-state index in [0.29, 0.717) is 24.8 Å². The maximum Gasteiger partial charge on any atom is 0.407 e. The average Bonchev–Trinajstić information content (AvgIpc) is 3.13. The molecule has 3 atom stereocenters. The van der Waals surface area contributed by atoms with E-state index in [1.54, 1.807) is 24.3 Å². The van der Waals surface area contributed by atoms with Crippen molar-refractivity contribution < 1.29 is 23.0 Å². The van der Waals surface area contributed by atoms with Crippen LogP contribution < -0.4 is 5.32 Å². The summed E-state index contributed by atoms with van der Waals surface area (Å²) in [6, 6.07) is 16.2. The number of hydrogen-bond donors (Lipinski definition) is 1. The van der Waals surface area contributed by atoms with Crippen molar-refractivity contribution in [2.45, 2.75) is 57.5 Å². The molecule has 0 aliphatic heterocycles. The molecule has 0 radical (unpaired) electrons. The minimum atomic E-state index is -2.61. The fourth-order valence-corrected chi connectivity index (χ4v) is 3.37. The Hall–Kier alpha value is -2.47. The molecule has 28 heavy (non-hydrogen) atoms. The summed E-state index contributed by atoms with van der Waals surface area (Å²) in [6.07, 6.45) is -2.89. The third-order valence-electron chi connectivity index (χ3n) is 4.89. The molecule has 150 valence electrons. The minimum absolute atomic E-state index is 0.135. The first kappa shape index (κ1) is 20.3. The Balaban J connectivity index is 1.47. The third kappa shape index (κ3) is 5.76. The fourth-order valence-electron chi connectivity index (χ4n) is 3.37. The highest BCUT2D eigenvalue weighted by Gasteiger charge is 2.32. The molecule has 0 aromatic heterocycles. The smallest absolute Gasteiger partial charge is 0.407 e. The second-order valence-electron chi connectivity index (χ2n) is 7.14. The van der Waals surface area contributed by atoms with Gasteiger partial charge in [0.25, 0.3) is 6.43 Å². The van der Waals surface area contributed by atoms with E-state index in [2.05, 4.69) is 5.32 Å². The van der Waals surface area contributed by atoms with Gasteiger partial charge in [0.2, 0.25) is 0 Å². The number of carbonyl (C=O) groups excluding carboxylic acids is 1. The minimum Gasteiger partial charge on any atom is -0.445 e. The zero-order valence-corrected chi connectivity index (χ0v) is 15.8. The highest BCUT2D eigenvalue weighted by molar-refractivity contribution is 5.67. The number of alkyl halides is 2. The number of halogens is 2. The SMILES string of the molecule is Cc1ccc(C(OC2CCC(NC(=O)OCc3ccccc3)C2)C(F)F)cc1. The molecule has 3 rings (SSSR count). The van der Waals surface area contributed by atoms with Gasteiger partial charge in [-0.25, -0.2) is 13.6 Å². The van der Waals surface area contributed by atoms with Crippen LogP contribution in [0.4, 0.5) is 13.6 Å². The number of nitrogens with one attached hydrogen (secondary N) is 1. The van der Waals surface area contributed by atoms with Crippen LogP contribution in [0.3, 0.4) is 0 Å². The Kier molecular flexibility index (Phi) is 6.98. The van der Waals surface area contributed by atoms with Crippen molar-refractivity contribution >= 4 is 6.09 Å². The van der Waals surface area contributed by atoms with E-state index in [1.165, 1.54) is 0 Å². The Labute approximate surface area is 163 Å². The molecule has 1 aliphatic rings. The Bertz CT molecular complexity index is 752. The number of amides is 1. The van der Waals surface area contributed by atoms with E-state index < -0.39 is 18.6 Å². The van der Waals surface area contributed by atoms with Gasteiger partial charge in [-0.1, -0.05) is 60.2 Å². The molecule has 1 amide bonds. The molecule has 1 saturated carbocycles. The number of carbonyl (C=O) groups is 1. The van der Waals surface area contributed by atoms with Crippen molar-refractivity contribution in [2.24, 2.45) is 0 Å². The van der Waals surface area contributed by atoms with Gasteiger partial charge >= 0.3 is 6.09 Å². The monoisotopic (exact) mass is 389 g/mol. The number of hydrogen-bond acceptors (Lipinski definition) is 3. The van der Waals surface area contributed by atoms with Crippen LogP contribution in [-0.4, -0.2) is 24.7 Å². The number of rotatable bonds is 7. The summed E-state index contributed by atoms with van der Waals surface area (Å²) in [5, 5.41) is 2.80. The van der Waals surface area contributed by atoms with Crippen molar-refractivity contribution in [1.29, 1.82) is 0 Å². The molecule has 1 aliphatic carbocycles. The normalized spacial score (nSPS) is 20.1. The van der Waals surface area contributed by atoms with Crippen molar-refractivity contribution in [3.05, 3.63) is 71.3 Å². The predicted octanol–water partition coefficient (Wildman–Crippen LogP) is 5.17. The first-order chi connectivity index (χ1) is 13.5. The van der Waals surface area contributed by atoms with Crippen molar-refractivity contribution in [2.75, 3.05) is 0 Å². The first-order valence-electron chi connectivity index (χ1n) is 9.48. The van der Waals surface area contributed by atoms with Crippen molar-refractivity contribution in [1.82, 2.24) is 5.32 Å². The predicted molar refractivity (Wildman–Crippen MR) is 102 cm³/mol. The summed E-state index contributed by atoms with van der Waals surface area (Å²) in [5.41, 5.74) is 2.39. The van der Waals surface area contributed by atoms with Crippen LogP contribution in [0.25, 0.3) is 0 Å². The molecule has 6 heteroatoms. The quantitative estimate of drug-likeness (QED) is 0.711. The van der Waals surface area contributed by atoms with Crippen molar-refractivity contribution in [3.63, 3.8) is 0 Å². The number of ether oxygens (including phenoxy) is 2. The number of alkyl carbamates (subject to hydrolysis) is 1. The summed E-state index contributed by atoms with van der Waals surface area (Å²) in [7, 11) is 0. The lowest BCUT2D eigenvalue weighted by Gasteiger charge is -2.22. The lowest BCUT2D eigenvalue weighted by molar-refractivity contribution is -0.0923. The van der Waals surface area contributed by atoms with Crippen LogP contribution in [0.2, 0.25) is 0 Å². The van der Waals surface area contributed by atoms with Crippen LogP contribution in [-0.2, 0) is 16.1 Å². The Morgan fingerprint density at radius 1 is 1.11 bits per heavy atom. The van der Waals surface area contributed by atoms with Crippen LogP contribution in [0.5, 0.6) is 0 Å². The molecule has 0 heterocycles. The molecule has 1 fully saturated rings. The fraction of sp³-hybridized carbons (Fsp3) is 0.409. The Morgan fingerprint density at radius 3 is 2.50 bits per heavy atom. The highest BCUT2D eigenvalue weighted by Crippen LogP contribution is 2.32. The summed E-state index contributed by atoms with van der Waals surface area (Å²) in [5.74, 6) is 0. The summed E-state index contributed by atoms with van der Waals surface area (Å²) >= 11 is 0. The lowest BCUT2D eigenvalue weighted by Crippen LogP contribution is -2.34. The zero-order valence-electron chi connectivity index (χ0n) is 15.8. The topological polar surface area (TPSA) is 47.6 Å². The molecule has 0 bridgehead atoms. The molecule has 2 aromatic rings. The van der Waals surface area contributed by atoms with Gasteiger partial charge in [-0.05, 0) is 37.3 Å². The van der Waals surface area contributed by atoms with E-state index in [9.17, 15) is 13.6 Å². The number of benzene rings is 2. The van der Waals surface area contributed by atoms with Crippen LogP contribution >= 0.6 is 0 Å². The largest absolute Gasteiger partial charge is 0.445 e. The summed E-state index contributed by atoms with van der Waals surface area (Å²) in [6.45, 7) is 2.10. The molecule has 4 nitrogen and oxygen atoms in total. The maximum atomic E-state index is 13.5. The van der Waals surface area contributed by atoms with Gasteiger partial charge in [0, 0.05) is 6.04 Å². The molecule has 3 unspecified atom stereocenters. The molecule has 0 spiro atoms. The van der Waals surface area contributed by atoms with E-state index in [1.807, 2.05) is 37.3 Å². The molecule has 0 saturated heterocycles. The molecule has 1 N–H and O–H groups in total. The van der Waals surface area contributed by atoms with Gasteiger partial charge in [0.15, 0.2) is 0 Å². The lowest BCUT2D eigenvalue weighted by atomic mass is 10.1. The maximum absolute atomic E-state index is 13.5. The van der Waals surface area contributed by atoms with E-state index in [0.717, 1.165) is 11.1 Å². The van der Waals surface area contributed by atoms with Gasteiger partial charge in [0.1, 0.15) is 12.7 Å². The molecular weight excluding hydrogens is 364 g/mol. The van der Waals surface area contributed by atoms with E-state index >= 15 is 0 Å². The zero-order chi connectivity index (χ0) is 19.9. The van der Waals surface area contributed by atoms with Crippen molar-refractivity contribution in [3.8, 4) is 0 Å². The summed E-state index contributed by atoms with van der Waals surface area (Å²) in [4.78, 5) is 12.0. The van der Waals surface area contributed by atoms with Crippen LogP contribution in [0, 0.1) is 6.92 Å². The summed E-state index contributed by atoms with van der Waals surface area (Å²) < 4.78 is 37.9.